The molecule has 0 radical (unpaired) electrons. The summed E-state index contributed by atoms with van der Waals surface area (Å²) in [4.78, 5) is 41.5. The van der Waals surface area contributed by atoms with Gasteiger partial charge < -0.3 is 9.80 Å². The number of rotatable bonds is 7. The number of anilines is 1. The van der Waals surface area contributed by atoms with Crippen LogP contribution < -0.4 is 4.90 Å². The van der Waals surface area contributed by atoms with Crippen LogP contribution in [0.1, 0.15) is 31.1 Å². The molecule has 0 aromatic carbocycles. The molecule has 152 valence electrons. The van der Waals surface area contributed by atoms with Crippen LogP contribution in [0.3, 0.4) is 0 Å². The molecule has 2 aliphatic heterocycles. The van der Waals surface area contributed by atoms with E-state index in [1.54, 1.807) is 18.5 Å². The van der Waals surface area contributed by atoms with Gasteiger partial charge in [0.15, 0.2) is 0 Å². The molecule has 0 N–H and O–H groups in total. The SMILES string of the molecule is CCCCCN1C(=O)C(c2cccs2)=C(N2CCN(c3ncccn3)CC2)C1=O. The average molecular weight is 412 g/mol. The summed E-state index contributed by atoms with van der Waals surface area (Å²) in [7, 11) is 0. The number of carbonyl (C=O) groups excluding carboxylic acids is 2. The molecule has 4 rings (SSSR count). The van der Waals surface area contributed by atoms with Crippen molar-refractivity contribution in [2.45, 2.75) is 26.2 Å². The number of unbranched alkanes of at least 4 members (excludes halogenated alkanes) is 2. The molecule has 2 aromatic rings. The monoisotopic (exact) mass is 411 g/mol. The molecule has 29 heavy (non-hydrogen) atoms. The Balaban J connectivity index is 1.56. The van der Waals surface area contributed by atoms with Gasteiger partial charge in [0.05, 0.1) is 5.57 Å². The van der Waals surface area contributed by atoms with E-state index in [0.717, 1.165) is 24.1 Å². The first-order valence-corrected chi connectivity index (χ1v) is 11.0. The molecule has 2 aliphatic rings. The first-order chi connectivity index (χ1) is 14.2. The van der Waals surface area contributed by atoms with Crippen molar-refractivity contribution in [1.29, 1.82) is 0 Å². The minimum absolute atomic E-state index is 0.154. The van der Waals surface area contributed by atoms with Crippen molar-refractivity contribution in [2.75, 3.05) is 37.6 Å². The standard InChI is InChI=1S/C21H25N5O2S/c1-2-3-4-10-26-19(27)17(16-7-5-15-29-16)18(20(26)28)24-11-13-25(14-12-24)21-22-8-6-9-23-21/h5-9,15H,2-4,10-14H2,1H3. The summed E-state index contributed by atoms with van der Waals surface area (Å²) in [5, 5.41) is 1.95. The molecule has 0 bridgehead atoms. The second-order valence-corrected chi connectivity index (χ2v) is 8.14. The number of nitrogens with zero attached hydrogens (tertiary/aromatic N) is 5. The number of imide groups is 1. The summed E-state index contributed by atoms with van der Waals surface area (Å²) in [6, 6.07) is 5.65. The minimum Gasteiger partial charge on any atom is -0.363 e. The first-order valence-electron chi connectivity index (χ1n) is 10.1. The van der Waals surface area contributed by atoms with E-state index in [0.29, 0.717) is 49.9 Å². The van der Waals surface area contributed by atoms with Gasteiger partial charge in [-0.25, -0.2) is 9.97 Å². The number of hydrogen-bond donors (Lipinski definition) is 0. The summed E-state index contributed by atoms with van der Waals surface area (Å²) < 4.78 is 0. The Kier molecular flexibility index (Phi) is 5.89. The zero-order valence-corrected chi connectivity index (χ0v) is 17.4. The molecule has 4 heterocycles. The lowest BCUT2D eigenvalue weighted by molar-refractivity contribution is -0.137. The van der Waals surface area contributed by atoms with Crippen LogP contribution in [0.25, 0.3) is 5.57 Å². The van der Waals surface area contributed by atoms with Crippen LogP contribution in [0.5, 0.6) is 0 Å². The van der Waals surface area contributed by atoms with E-state index in [1.807, 2.05) is 17.5 Å². The van der Waals surface area contributed by atoms with Gasteiger partial charge in [0.2, 0.25) is 5.95 Å². The quantitative estimate of drug-likeness (QED) is 0.515. The van der Waals surface area contributed by atoms with Gasteiger partial charge in [0.1, 0.15) is 5.70 Å². The van der Waals surface area contributed by atoms with Gasteiger partial charge >= 0.3 is 0 Å². The highest BCUT2D eigenvalue weighted by atomic mass is 32.1. The largest absolute Gasteiger partial charge is 0.363 e. The molecule has 0 spiro atoms. The van der Waals surface area contributed by atoms with Crippen molar-refractivity contribution in [1.82, 2.24) is 19.8 Å². The third-order valence-electron chi connectivity index (χ3n) is 5.33. The predicted molar refractivity (Wildman–Crippen MR) is 113 cm³/mol. The average Bonchev–Trinajstić information content (AvgIpc) is 3.37. The zero-order valence-electron chi connectivity index (χ0n) is 16.6. The molecular weight excluding hydrogens is 386 g/mol. The van der Waals surface area contributed by atoms with Crippen molar-refractivity contribution in [3.63, 3.8) is 0 Å². The van der Waals surface area contributed by atoms with Crippen molar-refractivity contribution in [3.05, 3.63) is 46.5 Å². The van der Waals surface area contributed by atoms with Gasteiger partial charge in [0, 0.05) is 50.0 Å². The molecule has 1 fully saturated rings. The maximum absolute atomic E-state index is 13.2. The van der Waals surface area contributed by atoms with Crippen LogP contribution in [0.2, 0.25) is 0 Å². The van der Waals surface area contributed by atoms with E-state index >= 15 is 0 Å². The molecule has 2 amide bonds. The van der Waals surface area contributed by atoms with Crippen molar-refractivity contribution < 1.29 is 9.59 Å². The van der Waals surface area contributed by atoms with Gasteiger partial charge in [-0.1, -0.05) is 25.8 Å². The number of hydrogen-bond acceptors (Lipinski definition) is 7. The summed E-state index contributed by atoms with van der Waals surface area (Å²) in [6.07, 6.45) is 6.38. The van der Waals surface area contributed by atoms with Crippen molar-refractivity contribution in [3.8, 4) is 0 Å². The maximum Gasteiger partial charge on any atom is 0.277 e. The fourth-order valence-electron chi connectivity index (χ4n) is 3.81. The maximum atomic E-state index is 13.2. The Bertz CT molecular complexity index is 889. The molecule has 2 aromatic heterocycles. The van der Waals surface area contributed by atoms with Crippen LogP contribution in [0.4, 0.5) is 5.95 Å². The van der Waals surface area contributed by atoms with E-state index < -0.39 is 0 Å². The molecule has 0 atom stereocenters. The highest BCUT2D eigenvalue weighted by molar-refractivity contribution is 7.11. The lowest BCUT2D eigenvalue weighted by Gasteiger charge is -2.36. The molecule has 0 aliphatic carbocycles. The smallest absolute Gasteiger partial charge is 0.277 e. The highest BCUT2D eigenvalue weighted by Gasteiger charge is 2.42. The summed E-state index contributed by atoms with van der Waals surface area (Å²) >= 11 is 1.51. The second-order valence-electron chi connectivity index (χ2n) is 7.19. The van der Waals surface area contributed by atoms with Crippen LogP contribution in [-0.4, -0.2) is 64.3 Å². The highest BCUT2D eigenvalue weighted by Crippen LogP contribution is 2.34. The van der Waals surface area contributed by atoms with Crippen LogP contribution >= 0.6 is 11.3 Å². The van der Waals surface area contributed by atoms with Crippen LogP contribution in [0.15, 0.2) is 41.7 Å². The predicted octanol–water partition coefficient (Wildman–Crippen LogP) is 2.63. The number of thiophene rings is 1. The lowest BCUT2D eigenvalue weighted by atomic mass is 10.1. The normalized spacial score (nSPS) is 17.6. The minimum atomic E-state index is -0.155. The lowest BCUT2D eigenvalue weighted by Crippen LogP contribution is -2.48. The van der Waals surface area contributed by atoms with Crippen molar-refractivity contribution in [2.24, 2.45) is 0 Å². The van der Waals surface area contributed by atoms with Crippen LogP contribution in [0, 0.1) is 0 Å². The fraction of sp³-hybridized carbons (Fsp3) is 0.429. The van der Waals surface area contributed by atoms with E-state index in [4.69, 9.17) is 0 Å². The zero-order chi connectivity index (χ0) is 20.2. The first kappa shape index (κ1) is 19.6. The van der Waals surface area contributed by atoms with E-state index in [9.17, 15) is 9.59 Å². The Morgan fingerprint density at radius 1 is 0.966 bits per heavy atom. The molecule has 7 nitrogen and oxygen atoms in total. The van der Waals surface area contributed by atoms with Gasteiger partial charge in [-0.3, -0.25) is 14.5 Å². The molecule has 8 heteroatoms. The molecule has 0 saturated carbocycles. The fourth-order valence-corrected chi connectivity index (χ4v) is 4.57. The Labute approximate surface area is 174 Å². The molecule has 1 saturated heterocycles. The van der Waals surface area contributed by atoms with Gasteiger partial charge in [0.25, 0.3) is 11.8 Å². The third-order valence-corrected chi connectivity index (χ3v) is 6.21. The van der Waals surface area contributed by atoms with Crippen LogP contribution in [-0.2, 0) is 9.59 Å². The Morgan fingerprint density at radius 2 is 1.69 bits per heavy atom. The summed E-state index contributed by atoms with van der Waals surface area (Å²) in [5.74, 6) is 0.394. The Morgan fingerprint density at radius 3 is 2.34 bits per heavy atom. The van der Waals surface area contributed by atoms with Crippen molar-refractivity contribution >= 4 is 34.7 Å². The van der Waals surface area contributed by atoms with Gasteiger partial charge in [-0.15, -0.1) is 11.3 Å². The van der Waals surface area contributed by atoms with E-state index in [2.05, 4.69) is 26.7 Å². The third kappa shape index (κ3) is 3.89. The number of aromatic nitrogens is 2. The van der Waals surface area contributed by atoms with E-state index in [1.165, 1.54) is 16.2 Å². The van der Waals surface area contributed by atoms with Gasteiger partial charge in [-0.2, -0.15) is 0 Å². The number of amides is 2. The number of piperazine rings is 1. The second kappa shape index (κ2) is 8.73. The molecular formula is C21H25N5O2S. The van der Waals surface area contributed by atoms with E-state index in [-0.39, 0.29) is 11.8 Å². The Hall–Kier alpha value is -2.74. The summed E-state index contributed by atoms with van der Waals surface area (Å²) in [6.45, 7) is 5.34. The topological polar surface area (TPSA) is 69.6 Å². The van der Waals surface area contributed by atoms with Gasteiger partial charge in [-0.05, 0) is 23.9 Å². The molecule has 0 unspecified atom stereocenters. The summed E-state index contributed by atoms with van der Waals surface area (Å²) in [5.41, 5.74) is 1.12. The number of carbonyl (C=O) groups is 2.